The zero-order valence-corrected chi connectivity index (χ0v) is 38.9. The van der Waals surface area contributed by atoms with Crippen molar-refractivity contribution in [2.24, 2.45) is 34.9 Å². The van der Waals surface area contributed by atoms with Crippen molar-refractivity contribution < 1.29 is 4.84 Å². The van der Waals surface area contributed by atoms with Gasteiger partial charge in [-0.15, -0.1) is 0 Å². The van der Waals surface area contributed by atoms with Crippen LogP contribution in [0.15, 0.2) is 181 Å². The first-order valence-corrected chi connectivity index (χ1v) is 24.8. The fourth-order valence-corrected chi connectivity index (χ4v) is 10.7. The first-order valence-electron chi connectivity index (χ1n) is 24.8. The van der Waals surface area contributed by atoms with Crippen molar-refractivity contribution in [1.82, 2.24) is 5.06 Å². The van der Waals surface area contributed by atoms with Crippen LogP contribution in [-0.4, -0.2) is 52.0 Å². The molecule has 8 aromatic carbocycles. The Morgan fingerprint density at radius 2 is 0.768 bits per heavy atom. The predicted octanol–water partition coefficient (Wildman–Crippen LogP) is 13.8. The molecule has 0 fully saturated rings. The molecule has 336 valence electrons. The molecule has 0 spiro atoms. The van der Waals surface area contributed by atoms with E-state index in [0.29, 0.717) is 40.8 Å². The highest BCUT2D eigenvalue weighted by molar-refractivity contribution is 6.35. The zero-order chi connectivity index (χ0) is 46.0. The van der Waals surface area contributed by atoms with Gasteiger partial charge in [0.2, 0.25) is 0 Å². The SMILES string of the molecule is CCCCCCCCC(CCC)ON1C2=NC(=NC3=NC(=NC4N=C(N=C5N=C1c1cc6ccccc6cc15)c1cc5ccccc5cc14)c1cc4ccccc4cc13)c1cc3ccccc3cc12. The molecule has 0 N–H and O–H groups in total. The van der Waals surface area contributed by atoms with E-state index in [1.807, 2.05) is 5.06 Å². The van der Waals surface area contributed by atoms with E-state index in [1.54, 1.807) is 0 Å². The average molecular weight is 899 g/mol. The van der Waals surface area contributed by atoms with Gasteiger partial charge in [0.25, 0.3) is 0 Å². The maximum atomic E-state index is 7.48. The van der Waals surface area contributed by atoms with Crippen LogP contribution in [0.3, 0.4) is 0 Å². The molecular formula is C60H50N8O. The number of rotatable bonds is 11. The number of hydrogen-bond acceptors (Lipinski definition) is 9. The molecule has 9 heteroatoms. The van der Waals surface area contributed by atoms with Gasteiger partial charge in [0, 0.05) is 44.5 Å². The quantitative estimate of drug-likeness (QED) is 0.121. The van der Waals surface area contributed by atoms with Crippen molar-refractivity contribution in [2.75, 3.05) is 0 Å². The topological polar surface area (TPSA) is 99.0 Å². The highest BCUT2D eigenvalue weighted by atomic mass is 16.7. The van der Waals surface area contributed by atoms with Crippen LogP contribution in [0, 0.1) is 0 Å². The Balaban J connectivity index is 1.08. The lowest BCUT2D eigenvalue weighted by atomic mass is 9.99. The third-order valence-corrected chi connectivity index (χ3v) is 14.2. The summed E-state index contributed by atoms with van der Waals surface area (Å²) in [5.41, 5.74) is 7.33. The smallest absolute Gasteiger partial charge is 0.170 e. The summed E-state index contributed by atoms with van der Waals surface area (Å²) in [6.07, 6.45) is 9.33. The van der Waals surface area contributed by atoms with Gasteiger partial charge < -0.3 is 0 Å². The van der Waals surface area contributed by atoms with Crippen LogP contribution in [0.1, 0.15) is 122 Å². The van der Waals surface area contributed by atoms with E-state index >= 15 is 0 Å². The van der Waals surface area contributed by atoms with E-state index < -0.39 is 6.17 Å². The fraction of sp³-hybridized carbons (Fsp3) is 0.217. The largest absolute Gasteiger partial charge is 0.262 e. The van der Waals surface area contributed by atoms with Crippen molar-refractivity contribution in [3.05, 3.63) is 190 Å². The van der Waals surface area contributed by atoms with Crippen molar-refractivity contribution >= 4 is 83.9 Å². The Labute approximate surface area is 401 Å². The molecule has 0 amide bonds. The lowest BCUT2D eigenvalue weighted by molar-refractivity contribution is -0.103. The number of fused-ring (bicyclic) bond motifs is 20. The minimum absolute atomic E-state index is 0.0924. The molecule has 2 atom stereocenters. The number of hydroxylamine groups is 2. The molecule has 13 rings (SSSR count). The van der Waals surface area contributed by atoms with Crippen molar-refractivity contribution in [2.45, 2.75) is 83.9 Å². The van der Waals surface area contributed by atoms with E-state index in [-0.39, 0.29) is 6.10 Å². The first kappa shape index (κ1) is 41.4. The lowest BCUT2D eigenvalue weighted by Gasteiger charge is -2.29. The van der Waals surface area contributed by atoms with Crippen LogP contribution in [-0.2, 0) is 4.84 Å². The number of nitrogens with zero attached hydrogens (tertiary/aromatic N) is 8. The normalized spacial score (nSPS) is 16.9. The molecule has 69 heavy (non-hydrogen) atoms. The predicted molar refractivity (Wildman–Crippen MR) is 284 cm³/mol. The molecule has 0 saturated heterocycles. The van der Waals surface area contributed by atoms with Gasteiger partial charge in [-0.2, -0.15) is 5.06 Å². The molecule has 8 aromatic rings. The lowest BCUT2D eigenvalue weighted by Crippen LogP contribution is -2.40. The molecule has 0 saturated carbocycles. The van der Waals surface area contributed by atoms with Crippen LogP contribution >= 0.6 is 0 Å². The standard InChI is InChI=1S/C60H50N8O/c1-3-5-6-7-8-9-27-44(18-4-2)69-68-59-51-34-42-25-16-14-23-40(42)32-49(51)57(66-59)64-55-47-30-38-21-12-10-19-36(38)28-45(47)53(62-55)61-54-46-29-37-20-11-13-22-39(37)31-48(46)56(63-54)65-58-50-33-41-24-15-17-26-43(41)35-52(50)60(68)67-58/h10-17,19-26,28-35,44,53H,3-9,18,27H2,1-2H3. The minimum Gasteiger partial charge on any atom is -0.262 e. The third-order valence-electron chi connectivity index (χ3n) is 14.2. The maximum Gasteiger partial charge on any atom is 0.170 e. The Kier molecular flexibility index (Phi) is 10.3. The zero-order valence-electron chi connectivity index (χ0n) is 38.9. The number of hydrogen-bond donors (Lipinski definition) is 0. The van der Waals surface area contributed by atoms with E-state index in [2.05, 4.69) is 159 Å². The van der Waals surface area contributed by atoms with Crippen LogP contribution in [0.25, 0.3) is 43.1 Å². The van der Waals surface area contributed by atoms with Gasteiger partial charge in [0.15, 0.2) is 47.0 Å². The Morgan fingerprint density at radius 3 is 1.26 bits per heavy atom. The molecule has 0 aliphatic carbocycles. The summed E-state index contributed by atoms with van der Waals surface area (Å²) in [6.45, 7) is 4.51. The monoisotopic (exact) mass is 898 g/mol. The van der Waals surface area contributed by atoms with E-state index in [9.17, 15) is 0 Å². The molecule has 8 bridgehead atoms. The van der Waals surface area contributed by atoms with Gasteiger partial charge >= 0.3 is 0 Å². The second kappa shape index (κ2) is 17.1. The maximum absolute atomic E-state index is 7.48. The van der Waals surface area contributed by atoms with E-state index in [4.69, 9.17) is 39.8 Å². The third kappa shape index (κ3) is 7.31. The highest BCUT2D eigenvalue weighted by Crippen LogP contribution is 2.39. The van der Waals surface area contributed by atoms with Crippen LogP contribution in [0.4, 0.5) is 0 Å². The molecule has 9 nitrogen and oxygen atoms in total. The van der Waals surface area contributed by atoms with E-state index in [1.165, 1.54) is 32.1 Å². The number of amidine groups is 7. The number of benzene rings is 8. The molecule has 2 unspecified atom stereocenters. The molecule has 5 aliphatic rings. The van der Waals surface area contributed by atoms with E-state index in [0.717, 1.165) is 113 Å². The molecule has 5 aliphatic heterocycles. The minimum atomic E-state index is -0.609. The number of aliphatic imine (C=N–C) groups is 7. The Morgan fingerprint density at radius 1 is 0.391 bits per heavy atom. The number of unbranched alkanes of at least 4 members (excludes halogenated alkanes) is 5. The summed E-state index contributed by atoms with van der Waals surface area (Å²) in [5, 5.41) is 10.7. The summed E-state index contributed by atoms with van der Waals surface area (Å²) in [6, 6.07) is 51.4. The highest BCUT2D eigenvalue weighted by Gasteiger charge is 2.38. The summed E-state index contributed by atoms with van der Waals surface area (Å²) < 4.78 is 0. The Hall–Kier alpha value is -7.75. The Bertz CT molecular complexity index is 3690. The van der Waals surface area contributed by atoms with Crippen LogP contribution < -0.4 is 0 Å². The fourth-order valence-electron chi connectivity index (χ4n) is 10.7. The molecule has 0 radical (unpaired) electrons. The summed E-state index contributed by atoms with van der Waals surface area (Å²) in [5.74, 6) is 4.08. The van der Waals surface area contributed by atoms with Crippen LogP contribution in [0.2, 0.25) is 0 Å². The second-order valence-corrected chi connectivity index (χ2v) is 18.8. The summed E-state index contributed by atoms with van der Waals surface area (Å²) >= 11 is 0. The van der Waals surface area contributed by atoms with Crippen LogP contribution in [0.5, 0.6) is 0 Å². The second-order valence-electron chi connectivity index (χ2n) is 18.8. The average Bonchev–Trinajstić information content (AvgIpc) is 4.11. The van der Waals surface area contributed by atoms with Crippen molar-refractivity contribution in [3.63, 3.8) is 0 Å². The van der Waals surface area contributed by atoms with Gasteiger partial charge in [-0.05, 0) is 104 Å². The van der Waals surface area contributed by atoms with Gasteiger partial charge in [0.05, 0.1) is 6.10 Å². The summed E-state index contributed by atoms with van der Waals surface area (Å²) in [7, 11) is 0. The van der Waals surface area contributed by atoms with Gasteiger partial charge in [-0.25, -0.2) is 34.9 Å². The van der Waals surface area contributed by atoms with Crippen molar-refractivity contribution in [1.29, 1.82) is 0 Å². The molecule has 5 heterocycles. The first-order chi connectivity index (χ1) is 34.1. The van der Waals surface area contributed by atoms with Gasteiger partial charge in [-0.1, -0.05) is 156 Å². The molecular weight excluding hydrogens is 849 g/mol. The molecule has 0 aromatic heterocycles. The summed E-state index contributed by atoms with van der Waals surface area (Å²) in [4.78, 5) is 45.6. The van der Waals surface area contributed by atoms with Gasteiger partial charge in [0.1, 0.15) is 0 Å². The van der Waals surface area contributed by atoms with Crippen molar-refractivity contribution in [3.8, 4) is 0 Å². The van der Waals surface area contributed by atoms with Gasteiger partial charge in [-0.3, -0.25) is 4.84 Å².